The molecular formula is C52H104NO11P. The van der Waals surface area contributed by atoms with Crippen molar-refractivity contribution < 1.29 is 53.9 Å². The molecule has 0 bridgehead atoms. The van der Waals surface area contributed by atoms with Gasteiger partial charge in [0.1, 0.15) is 36.6 Å². The predicted molar refractivity (Wildman–Crippen MR) is 265 cm³/mol. The Morgan fingerprint density at radius 2 is 0.738 bits per heavy atom. The molecule has 0 aromatic rings. The molecule has 1 fully saturated rings. The molecule has 0 aliphatic heterocycles. The number of carbonyl (C=O) groups excluding carboxylic acids is 1. The zero-order valence-corrected chi connectivity index (χ0v) is 42.7. The minimum absolute atomic E-state index is 0.243. The van der Waals surface area contributed by atoms with Crippen molar-refractivity contribution in [3.05, 3.63) is 0 Å². The zero-order chi connectivity index (χ0) is 47.8. The number of unbranched alkanes of at least 4 members (excludes halogenated alkanes) is 36. The lowest BCUT2D eigenvalue weighted by Crippen LogP contribution is -2.64. The Morgan fingerprint density at radius 3 is 1.06 bits per heavy atom. The molecule has 1 amide bonds. The number of nitrogens with one attached hydrogen (secondary N) is 1. The van der Waals surface area contributed by atoms with Crippen LogP contribution in [-0.2, 0) is 18.4 Å². The highest BCUT2D eigenvalue weighted by molar-refractivity contribution is 7.47. The highest BCUT2D eigenvalue weighted by Crippen LogP contribution is 2.47. The van der Waals surface area contributed by atoms with Crippen molar-refractivity contribution in [2.24, 2.45) is 0 Å². The fourth-order valence-corrected chi connectivity index (χ4v) is 10.2. The van der Waals surface area contributed by atoms with Crippen molar-refractivity contribution in [3.8, 4) is 0 Å². The van der Waals surface area contributed by atoms with E-state index in [9.17, 15) is 44.9 Å². The Morgan fingerprint density at radius 1 is 0.462 bits per heavy atom. The number of rotatable bonds is 47. The Labute approximate surface area is 397 Å². The van der Waals surface area contributed by atoms with Crippen LogP contribution < -0.4 is 5.32 Å². The second kappa shape index (κ2) is 42.2. The van der Waals surface area contributed by atoms with Gasteiger partial charge in [0.05, 0.1) is 18.8 Å². The van der Waals surface area contributed by atoms with Gasteiger partial charge >= 0.3 is 7.82 Å². The van der Waals surface area contributed by atoms with Gasteiger partial charge in [-0.2, -0.15) is 0 Å². The molecule has 0 aromatic carbocycles. The topological polar surface area (TPSA) is 206 Å². The van der Waals surface area contributed by atoms with Crippen LogP contribution in [0.25, 0.3) is 0 Å². The van der Waals surface area contributed by atoms with E-state index in [1.807, 2.05) is 0 Å². The summed E-state index contributed by atoms with van der Waals surface area (Å²) < 4.78 is 23.0. The Hall–Kier alpha value is -0.660. The van der Waals surface area contributed by atoms with Gasteiger partial charge < -0.3 is 40.8 Å². The molecule has 1 rings (SSSR count). The van der Waals surface area contributed by atoms with Crippen LogP contribution in [0.15, 0.2) is 0 Å². The largest absolute Gasteiger partial charge is 0.472 e. The van der Waals surface area contributed by atoms with E-state index < -0.39 is 63.2 Å². The van der Waals surface area contributed by atoms with E-state index in [-0.39, 0.29) is 12.3 Å². The third-order valence-electron chi connectivity index (χ3n) is 13.7. The predicted octanol–water partition coefficient (Wildman–Crippen LogP) is 11.8. The monoisotopic (exact) mass is 950 g/mol. The van der Waals surface area contributed by atoms with Crippen LogP contribution in [0.2, 0.25) is 0 Å². The summed E-state index contributed by atoms with van der Waals surface area (Å²) in [7, 11) is -5.05. The van der Waals surface area contributed by atoms with Crippen LogP contribution in [0.5, 0.6) is 0 Å². The number of aliphatic hydroxyl groups is 6. The number of phosphoric acid groups is 1. The first-order chi connectivity index (χ1) is 31.4. The molecule has 0 saturated heterocycles. The van der Waals surface area contributed by atoms with Gasteiger partial charge in [-0.25, -0.2) is 4.57 Å². The minimum Gasteiger partial charge on any atom is -0.391 e. The lowest BCUT2D eigenvalue weighted by Gasteiger charge is -2.41. The molecule has 9 atom stereocenters. The quantitative estimate of drug-likeness (QED) is 0.0213. The number of phosphoric ester groups is 1. The van der Waals surface area contributed by atoms with E-state index in [0.717, 1.165) is 38.5 Å². The summed E-state index contributed by atoms with van der Waals surface area (Å²) >= 11 is 0. The first-order valence-corrected chi connectivity index (χ1v) is 29.0. The molecule has 0 aromatic heterocycles. The van der Waals surface area contributed by atoms with E-state index in [2.05, 4.69) is 19.2 Å². The Balaban J connectivity index is 2.29. The Kier molecular flexibility index (Phi) is 40.5. The van der Waals surface area contributed by atoms with Gasteiger partial charge in [0.25, 0.3) is 0 Å². The summed E-state index contributed by atoms with van der Waals surface area (Å²) in [4.78, 5) is 23.5. The normalized spacial score (nSPS) is 21.9. The molecule has 12 nitrogen and oxygen atoms in total. The summed E-state index contributed by atoms with van der Waals surface area (Å²) in [6.07, 6.45) is 35.7. The van der Waals surface area contributed by atoms with Crippen molar-refractivity contribution >= 4 is 13.7 Å². The van der Waals surface area contributed by atoms with Gasteiger partial charge in [-0.3, -0.25) is 13.8 Å². The maximum Gasteiger partial charge on any atom is 0.472 e. The maximum absolute atomic E-state index is 13.0. The number of aliphatic hydroxyl groups excluding tert-OH is 6. The van der Waals surface area contributed by atoms with Crippen LogP contribution in [0.1, 0.15) is 271 Å². The Bertz CT molecular complexity index is 1100. The fourth-order valence-electron chi connectivity index (χ4n) is 9.21. The van der Waals surface area contributed by atoms with Gasteiger partial charge in [0.2, 0.25) is 5.91 Å². The molecule has 0 radical (unpaired) electrons. The molecule has 0 spiro atoms. The molecule has 1 aliphatic carbocycles. The van der Waals surface area contributed by atoms with Crippen LogP contribution in [0.4, 0.5) is 0 Å². The molecule has 8 N–H and O–H groups in total. The van der Waals surface area contributed by atoms with Crippen molar-refractivity contribution in [2.75, 3.05) is 6.61 Å². The molecule has 65 heavy (non-hydrogen) atoms. The van der Waals surface area contributed by atoms with Gasteiger partial charge in [-0.15, -0.1) is 0 Å². The molecular weight excluding hydrogens is 846 g/mol. The SMILES string of the molecule is CCCCCCCCCCCCCCCCCCCCCCCCCCCC(=O)N[C@@H](COP(=O)(O)OC1C(O)C(O)C(O)[C@@H](O)C1O)[C@H](O)CCCCCCCCCCCCCCC. The van der Waals surface area contributed by atoms with Gasteiger partial charge in [-0.05, 0) is 12.8 Å². The van der Waals surface area contributed by atoms with Crippen LogP contribution in [0, 0.1) is 0 Å². The highest BCUT2D eigenvalue weighted by atomic mass is 31.2. The molecule has 13 heteroatoms. The minimum atomic E-state index is -5.05. The zero-order valence-electron chi connectivity index (χ0n) is 41.8. The van der Waals surface area contributed by atoms with E-state index >= 15 is 0 Å². The number of carbonyl (C=O) groups is 1. The third-order valence-corrected chi connectivity index (χ3v) is 14.7. The van der Waals surface area contributed by atoms with E-state index in [1.165, 1.54) is 193 Å². The first kappa shape index (κ1) is 62.4. The van der Waals surface area contributed by atoms with Gasteiger partial charge in [0, 0.05) is 6.42 Å². The summed E-state index contributed by atoms with van der Waals surface area (Å²) in [6, 6.07) is -1.03. The lowest BCUT2D eigenvalue weighted by molar-refractivity contribution is -0.220. The summed E-state index contributed by atoms with van der Waals surface area (Å²) in [5.41, 5.74) is 0. The molecule has 388 valence electrons. The molecule has 6 unspecified atom stereocenters. The smallest absolute Gasteiger partial charge is 0.391 e. The van der Waals surface area contributed by atoms with E-state index in [4.69, 9.17) is 9.05 Å². The second-order valence-corrected chi connectivity index (χ2v) is 21.2. The lowest BCUT2D eigenvalue weighted by atomic mass is 9.85. The van der Waals surface area contributed by atoms with Crippen molar-refractivity contribution in [1.29, 1.82) is 0 Å². The molecule has 0 heterocycles. The van der Waals surface area contributed by atoms with Crippen LogP contribution >= 0.6 is 7.82 Å². The maximum atomic E-state index is 13.0. The van der Waals surface area contributed by atoms with Crippen molar-refractivity contribution in [1.82, 2.24) is 5.32 Å². The van der Waals surface area contributed by atoms with Crippen molar-refractivity contribution in [2.45, 2.75) is 319 Å². The summed E-state index contributed by atoms with van der Waals surface area (Å²) in [6.45, 7) is 3.92. The fraction of sp³-hybridized carbons (Fsp3) is 0.981. The van der Waals surface area contributed by atoms with Gasteiger partial charge in [-0.1, -0.05) is 251 Å². The van der Waals surface area contributed by atoms with Crippen molar-refractivity contribution in [3.63, 3.8) is 0 Å². The van der Waals surface area contributed by atoms with Gasteiger partial charge in [0.15, 0.2) is 0 Å². The summed E-state index contributed by atoms with van der Waals surface area (Å²) in [5, 5.41) is 64.3. The van der Waals surface area contributed by atoms with E-state index in [0.29, 0.717) is 19.3 Å². The third kappa shape index (κ3) is 33.5. The summed E-state index contributed by atoms with van der Waals surface area (Å²) in [5.74, 6) is -0.302. The molecule has 1 aliphatic rings. The highest BCUT2D eigenvalue weighted by Gasteiger charge is 2.51. The number of amides is 1. The number of hydrogen-bond donors (Lipinski definition) is 8. The number of hydrogen-bond acceptors (Lipinski definition) is 10. The second-order valence-electron chi connectivity index (χ2n) is 19.8. The molecule has 1 saturated carbocycles. The standard InChI is InChI=1S/C52H104NO11P/c1-3-5-7-9-11-13-15-17-18-19-20-21-22-23-24-25-26-27-28-30-32-34-36-38-40-42-46(55)53-44(45(54)41-39-37-35-33-31-29-16-14-12-10-8-6-4-2)43-63-65(61,62)64-52-50(59)48(57)47(56)49(58)51(52)60/h44-45,47-52,54,56-60H,3-43H2,1-2H3,(H,53,55)(H,61,62)/t44-,45+,47?,48+,49?,50?,51?,52?/m0/s1. The van der Waals surface area contributed by atoms with E-state index in [1.54, 1.807) is 0 Å². The average Bonchev–Trinajstić information content (AvgIpc) is 3.29. The van der Waals surface area contributed by atoms with Crippen LogP contribution in [0.3, 0.4) is 0 Å². The first-order valence-electron chi connectivity index (χ1n) is 27.5. The average molecular weight is 950 g/mol. The van der Waals surface area contributed by atoms with Crippen LogP contribution in [-0.4, -0.2) is 96.8 Å².